The van der Waals surface area contributed by atoms with E-state index in [9.17, 15) is 13.6 Å². The molecule has 0 bridgehead atoms. The van der Waals surface area contributed by atoms with Gasteiger partial charge in [0, 0.05) is 36.2 Å². The molecule has 1 aromatic carbocycles. The first-order valence-corrected chi connectivity index (χ1v) is 6.94. The Hall–Kier alpha value is -2.44. The topological polar surface area (TPSA) is 56.2 Å². The molecule has 1 aliphatic rings. The fourth-order valence-corrected chi connectivity index (χ4v) is 2.74. The van der Waals surface area contributed by atoms with Crippen molar-refractivity contribution in [1.29, 1.82) is 0 Å². The number of anilines is 1. The van der Waals surface area contributed by atoms with Crippen molar-refractivity contribution in [2.24, 2.45) is 0 Å². The molecule has 0 spiro atoms. The number of nitrogens with zero attached hydrogens (tertiary/aromatic N) is 2. The van der Waals surface area contributed by atoms with Crippen LogP contribution >= 0.6 is 0 Å². The van der Waals surface area contributed by atoms with Crippen molar-refractivity contribution in [1.82, 2.24) is 9.78 Å². The zero-order valence-electron chi connectivity index (χ0n) is 12.2. The van der Waals surface area contributed by atoms with Crippen molar-refractivity contribution < 1.29 is 18.3 Å². The van der Waals surface area contributed by atoms with E-state index in [1.54, 1.807) is 10.9 Å². The van der Waals surface area contributed by atoms with E-state index < -0.39 is 17.6 Å². The summed E-state index contributed by atoms with van der Waals surface area (Å²) in [6, 6.07) is 2.38. The predicted octanol–water partition coefficient (Wildman–Crippen LogP) is 2.66. The van der Waals surface area contributed by atoms with Crippen LogP contribution in [0.4, 0.5) is 14.6 Å². The smallest absolute Gasteiger partial charge is 0.226 e. The molecule has 3 rings (SSSR count). The van der Waals surface area contributed by atoms with Crippen LogP contribution in [0.2, 0.25) is 0 Å². The number of amides is 1. The molecule has 0 saturated heterocycles. The molecule has 1 N–H and O–H groups in total. The summed E-state index contributed by atoms with van der Waals surface area (Å²) in [5, 5.41) is 6.89. The van der Waals surface area contributed by atoms with Gasteiger partial charge in [0.05, 0.1) is 7.11 Å². The maximum Gasteiger partial charge on any atom is 0.226 e. The first-order valence-electron chi connectivity index (χ1n) is 6.94. The SMILES string of the molecule is CCn1cc2c(n1)NC(=O)CC2c1c(OC)ccc(F)c1F. The fourth-order valence-electron chi connectivity index (χ4n) is 2.74. The first kappa shape index (κ1) is 14.5. The van der Waals surface area contributed by atoms with Gasteiger partial charge in [0.15, 0.2) is 17.5 Å². The Morgan fingerprint density at radius 1 is 1.45 bits per heavy atom. The maximum absolute atomic E-state index is 14.3. The molecule has 1 aliphatic heterocycles. The van der Waals surface area contributed by atoms with Crippen LogP contribution in [-0.4, -0.2) is 22.8 Å². The second-order valence-corrected chi connectivity index (χ2v) is 5.07. The number of halogens is 2. The molecule has 0 fully saturated rings. The average molecular weight is 307 g/mol. The first-order chi connectivity index (χ1) is 10.5. The van der Waals surface area contributed by atoms with E-state index in [1.165, 1.54) is 13.2 Å². The van der Waals surface area contributed by atoms with Crippen LogP contribution in [0.1, 0.15) is 30.4 Å². The molecule has 0 radical (unpaired) electrons. The highest BCUT2D eigenvalue weighted by Gasteiger charge is 2.34. The van der Waals surface area contributed by atoms with Crippen LogP contribution in [-0.2, 0) is 11.3 Å². The highest BCUT2D eigenvalue weighted by Crippen LogP contribution is 2.41. The lowest BCUT2D eigenvalue weighted by Gasteiger charge is -2.24. The molecule has 1 unspecified atom stereocenters. The number of ether oxygens (including phenoxy) is 1. The molecule has 7 heteroatoms. The van der Waals surface area contributed by atoms with E-state index >= 15 is 0 Å². The molecule has 5 nitrogen and oxygen atoms in total. The third-order valence-electron chi connectivity index (χ3n) is 3.80. The lowest BCUT2D eigenvalue weighted by molar-refractivity contribution is -0.116. The van der Waals surface area contributed by atoms with Gasteiger partial charge in [-0.05, 0) is 19.1 Å². The molecule has 1 aromatic heterocycles. The Morgan fingerprint density at radius 2 is 2.23 bits per heavy atom. The summed E-state index contributed by atoms with van der Waals surface area (Å²) in [6.45, 7) is 2.51. The van der Waals surface area contributed by atoms with Crippen molar-refractivity contribution in [3.8, 4) is 5.75 Å². The summed E-state index contributed by atoms with van der Waals surface area (Å²) in [4.78, 5) is 11.9. The van der Waals surface area contributed by atoms with Crippen LogP contribution in [0.3, 0.4) is 0 Å². The molecule has 116 valence electrons. The number of aromatic nitrogens is 2. The van der Waals surface area contributed by atoms with Gasteiger partial charge in [-0.2, -0.15) is 5.10 Å². The lowest BCUT2D eigenvalue weighted by Crippen LogP contribution is -2.24. The number of methoxy groups -OCH3 is 1. The number of nitrogens with one attached hydrogen (secondary N) is 1. The third-order valence-corrected chi connectivity index (χ3v) is 3.80. The van der Waals surface area contributed by atoms with Crippen molar-refractivity contribution in [3.63, 3.8) is 0 Å². The molecule has 1 atom stereocenters. The van der Waals surface area contributed by atoms with Crippen LogP contribution in [0.5, 0.6) is 5.75 Å². The van der Waals surface area contributed by atoms with Crippen molar-refractivity contribution in [2.45, 2.75) is 25.8 Å². The summed E-state index contributed by atoms with van der Waals surface area (Å²) in [5.74, 6) is -2.28. The molecule has 1 amide bonds. The maximum atomic E-state index is 14.3. The summed E-state index contributed by atoms with van der Waals surface area (Å²) in [5.41, 5.74) is 0.707. The van der Waals surface area contributed by atoms with Crippen LogP contribution < -0.4 is 10.1 Å². The predicted molar refractivity (Wildman–Crippen MR) is 75.9 cm³/mol. The average Bonchev–Trinajstić information content (AvgIpc) is 2.92. The summed E-state index contributed by atoms with van der Waals surface area (Å²) in [6.07, 6.45) is 1.75. The number of fused-ring (bicyclic) bond motifs is 1. The number of hydrogen-bond donors (Lipinski definition) is 1. The normalized spacial score (nSPS) is 17.1. The second-order valence-electron chi connectivity index (χ2n) is 5.07. The fraction of sp³-hybridized carbons (Fsp3) is 0.333. The monoisotopic (exact) mass is 307 g/mol. The van der Waals surface area contributed by atoms with Gasteiger partial charge in [-0.15, -0.1) is 0 Å². The van der Waals surface area contributed by atoms with Crippen molar-refractivity contribution in [3.05, 3.63) is 41.1 Å². The minimum atomic E-state index is -0.991. The van der Waals surface area contributed by atoms with E-state index in [0.717, 1.165) is 6.07 Å². The van der Waals surface area contributed by atoms with E-state index in [0.29, 0.717) is 17.9 Å². The van der Waals surface area contributed by atoms with Crippen LogP contribution in [0, 0.1) is 11.6 Å². The Morgan fingerprint density at radius 3 is 2.91 bits per heavy atom. The minimum absolute atomic E-state index is 0.0130. The van der Waals surface area contributed by atoms with Gasteiger partial charge >= 0.3 is 0 Å². The second kappa shape index (κ2) is 5.40. The Kier molecular flexibility index (Phi) is 3.56. The van der Waals surface area contributed by atoms with Crippen LogP contribution in [0.15, 0.2) is 18.3 Å². The molecule has 22 heavy (non-hydrogen) atoms. The minimum Gasteiger partial charge on any atom is -0.496 e. The highest BCUT2D eigenvalue weighted by atomic mass is 19.2. The highest BCUT2D eigenvalue weighted by molar-refractivity contribution is 5.94. The standard InChI is InChI=1S/C15H15F2N3O2/c1-3-20-7-9-8(6-12(21)18-15(9)19-20)13-11(22-2)5-4-10(16)14(13)17/h4-5,7-8H,3,6H2,1-2H3,(H,18,19,21). The Balaban J connectivity index is 2.19. The van der Waals surface area contributed by atoms with Gasteiger partial charge in [0.2, 0.25) is 5.91 Å². The largest absolute Gasteiger partial charge is 0.496 e. The van der Waals surface area contributed by atoms with Crippen molar-refractivity contribution in [2.75, 3.05) is 12.4 Å². The number of rotatable bonds is 3. The number of benzene rings is 1. The molecule has 0 aliphatic carbocycles. The number of carbonyl (C=O) groups is 1. The van der Waals surface area contributed by atoms with Crippen LogP contribution in [0.25, 0.3) is 0 Å². The van der Waals surface area contributed by atoms with E-state index in [1.807, 2.05) is 6.92 Å². The third kappa shape index (κ3) is 2.22. The van der Waals surface area contributed by atoms with Gasteiger partial charge in [0.25, 0.3) is 0 Å². The molecule has 2 aromatic rings. The Labute approximate surface area is 125 Å². The van der Waals surface area contributed by atoms with Gasteiger partial charge in [0.1, 0.15) is 5.75 Å². The summed E-state index contributed by atoms with van der Waals surface area (Å²) >= 11 is 0. The van der Waals surface area contributed by atoms with E-state index in [2.05, 4.69) is 10.4 Å². The van der Waals surface area contributed by atoms with E-state index in [-0.39, 0.29) is 23.6 Å². The quantitative estimate of drug-likeness (QED) is 0.948. The molecule has 2 heterocycles. The molecular weight excluding hydrogens is 292 g/mol. The zero-order valence-corrected chi connectivity index (χ0v) is 12.2. The van der Waals surface area contributed by atoms with Crippen molar-refractivity contribution >= 4 is 11.7 Å². The van der Waals surface area contributed by atoms with Gasteiger partial charge in [-0.1, -0.05) is 0 Å². The van der Waals surface area contributed by atoms with Gasteiger partial charge in [-0.25, -0.2) is 8.78 Å². The van der Waals surface area contributed by atoms with E-state index in [4.69, 9.17) is 4.74 Å². The molecular formula is C15H15F2N3O2. The number of hydrogen-bond acceptors (Lipinski definition) is 3. The lowest BCUT2D eigenvalue weighted by atomic mass is 9.86. The summed E-state index contributed by atoms with van der Waals surface area (Å²) < 4.78 is 34.8. The van der Waals surface area contributed by atoms with Gasteiger partial charge in [-0.3, -0.25) is 9.48 Å². The van der Waals surface area contributed by atoms with Gasteiger partial charge < -0.3 is 10.1 Å². The zero-order chi connectivity index (χ0) is 15.9. The number of aryl methyl sites for hydroxylation is 1. The summed E-state index contributed by atoms with van der Waals surface area (Å²) in [7, 11) is 1.38. The molecule has 0 saturated carbocycles. The number of carbonyl (C=O) groups excluding carboxylic acids is 1. The Bertz CT molecular complexity index is 743.